The third kappa shape index (κ3) is 3.33. The molecule has 0 amide bonds. The third-order valence-electron chi connectivity index (χ3n) is 3.26. The molecule has 2 aromatic carbocycles. The number of hydrogen-bond donors (Lipinski definition) is 1. The average Bonchev–Trinajstić information content (AvgIpc) is 2.44. The van der Waals surface area contributed by atoms with Gasteiger partial charge in [0.1, 0.15) is 12.4 Å². The maximum atomic E-state index is 5.91. The van der Waals surface area contributed by atoms with Crippen molar-refractivity contribution in [2.24, 2.45) is 0 Å². The number of halogens is 1. The fraction of sp³-hybridized carbons (Fsp3) is 0.294. The molecule has 0 saturated carbocycles. The summed E-state index contributed by atoms with van der Waals surface area (Å²) in [5.74, 6) is 0.887. The molecule has 1 atom stereocenters. The normalized spacial score (nSPS) is 12.3. The summed E-state index contributed by atoms with van der Waals surface area (Å²) in [7, 11) is 0. The Morgan fingerprint density at radius 2 is 2.05 bits per heavy atom. The van der Waals surface area contributed by atoms with Crippen molar-refractivity contribution in [3.8, 4) is 5.75 Å². The van der Waals surface area contributed by atoms with Crippen molar-refractivity contribution >= 4 is 22.4 Å². The lowest BCUT2D eigenvalue weighted by Crippen LogP contribution is -2.18. The Kier molecular flexibility index (Phi) is 5.05. The van der Waals surface area contributed by atoms with Gasteiger partial charge in [-0.1, -0.05) is 61.5 Å². The van der Waals surface area contributed by atoms with Crippen molar-refractivity contribution in [2.45, 2.75) is 19.9 Å². The second-order valence-corrected chi connectivity index (χ2v) is 5.32. The number of benzene rings is 2. The van der Waals surface area contributed by atoms with Crippen LogP contribution < -0.4 is 10.1 Å². The molecule has 0 radical (unpaired) electrons. The molecule has 20 heavy (non-hydrogen) atoms. The fourth-order valence-corrected chi connectivity index (χ4v) is 2.38. The van der Waals surface area contributed by atoms with E-state index in [9.17, 15) is 0 Å². The maximum absolute atomic E-state index is 5.91. The van der Waals surface area contributed by atoms with E-state index in [-0.39, 0.29) is 6.04 Å². The summed E-state index contributed by atoms with van der Waals surface area (Å²) in [5.41, 5.74) is 1.14. The number of nitrogens with one attached hydrogen (secondary N) is 1. The van der Waals surface area contributed by atoms with E-state index in [4.69, 9.17) is 16.3 Å². The van der Waals surface area contributed by atoms with Crippen LogP contribution in [0.15, 0.2) is 48.0 Å². The van der Waals surface area contributed by atoms with E-state index in [0.717, 1.165) is 28.6 Å². The molecule has 2 rings (SSSR count). The standard InChI is InChI=1S/C17H20ClNO/c1-4-19-13(3)15-10-9-14-7-5-6-8-16(14)17(15)20-11-12(2)18/h5-10,13,19H,2,4,11H2,1,3H3. The van der Waals surface area contributed by atoms with Crippen LogP contribution in [0.1, 0.15) is 25.5 Å². The molecular formula is C17H20ClNO. The lowest BCUT2D eigenvalue weighted by molar-refractivity contribution is 0.355. The van der Waals surface area contributed by atoms with E-state index in [1.165, 1.54) is 0 Å². The molecule has 0 heterocycles. The second kappa shape index (κ2) is 6.78. The zero-order valence-electron chi connectivity index (χ0n) is 11.9. The van der Waals surface area contributed by atoms with E-state index in [1.54, 1.807) is 0 Å². The summed E-state index contributed by atoms with van der Waals surface area (Å²) in [6.45, 7) is 9.15. The van der Waals surface area contributed by atoms with Crippen molar-refractivity contribution in [3.05, 3.63) is 53.6 Å². The van der Waals surface area contributed by atoms with E-state index >= 15 is 0 Å². The Morgan fingerprint density at radius 3 is 2.75 bits per heavy atom. The molecular weight excluding hydrogens is 270 g/mol. The Morgan fingerprint density at radius 1 is 1.30 bits per heavy atom. The van der Waals surface area contributed by atoms with Crippen molar-refractivity contribution in [1.82, 2.24) is 5.32 Å². The van der Waals surface area contributed by atoms with E-state index in [0.29, 0.717) is 11.6 Å². The fourth-order valence-electron chi connectivity index (χ4n) is 2.33. The molecule has 106 valence electrons. The van der Waals surface area contributed by atoms with Gasteiger partial charge in [-0.2, -0.15) is 0 Å². The Labute approximate surface area is 125 Å². The number of fused-ring (bicyclic) bond motifs is 1. The van der Waals surface area contributed by atoms with Crippen LogP contribution in [0.4, 0.5) is 0 Å². The molecule has 0 saturated heterocycles. The molecule has 2 aromatic rings. The van der Waals surface area contributed by atoms with Crippen LogP contribution in [0.25, 0.3) is 10.8 Å². The van der Waals surface area contributed by atoms with Crippen molar-refractivity contribution in [3.63, 3.8) is 0 Å². The van der Waals surface area contributed by atoms with Crippen molar-refractivity contribution in [2.75, 3.05) is 13.2 Å². The Hall–Kier alpha value is -1.51. The van der Waals surface area contributed by atoms with Crippen LogP contribution >= 0.6 is 11.6 Å². The van der Waals surface area contributed by atoms with Gasteiger partial charge in [0.25, 0.3) is 0 Å². The Bertz CT molecular complexity index is 609. The zero-order valence-corrected chi connectivity index (χ0v) is 12.7. The van der Waals surface area contributed by atoms with E-state index in [1.807, 2.05) is 12.1 Å². The van der Waals surface area contributed by atoms with Crippen molar-refractivity contribution in [1.29, 1.82) is 0 Å². The first-order valence-corrected chi connectivity index (χ1v) is 7.22. The molecule has 0 aromatic heterocycles. The van der Waals surface area contributed by atoms with Crippen LogP contribution in [-0.4, -0.2) is 13.2 Å². The monoisotopic (exact) mass is 289 g/mol. The van der Waals surface area contributed by atoms with Crippen molar-refractivity contribution < 1.29 is 4.74 Å². The van der Waals surface area contributed by atoms with Gasteiger partial charge in [-0.05, 0) is 18.9 Å². The average molecular weight is 290 g/mol. The molecule has 0 bridgehead atoms. The van der Waals surface area contributed by atoms with Gasteiger partial charge in [-0.15, -0.1) is 0 Å². The predicted molar refractivity (Wildman–Crippen MR) is 86.5 cm³/mol. The maximum Gasteiger partial charge on any atom is 0.132 e. The molecule has 0 fully saturated rings. The van der Waals surface area contributed by atoms with Crippen LogP contribution in [0.5, 0.6) is 5.75 Å². The first-order chi connectivity index (χ1) is 9.63. The largest absolute Gasteiger partial charge is 0.487 e. The summed E-state index contributed by atoms with van der Waals surface area (Å²) in [6, 6.07) is 12.7. The highest BCUT2D eigenvalue weighted by molar-refractivity contribution is 6.29. The highest BCUT2D eigenvalue weighted by atomic mass is 35.5. The van der Waals surface area contributed by atoms with Gasteiger partial charge in [0.15, 0.2) is 0 Å². The summed E-state index contributed by atoms with van der Waals surface area (Å²) in [5, 5.41) is 6.19. The van der Waals surface area contributed by atoms with Gasteiger partial charge in [0, 0.05) is 22.0 Å². The summed E-state index contributed by atoms with van der Waals surface area (Å²) in [6.07, 6.45) is 0. The summed E-state index contributed by atoms with van der Waals surface area (Å²) < 4.78 is 5.91. The number of rotatable bonds is 6. The lowest BCUT2D eigenvalue weighted by Gasteiger charge is -2.19. The Balaban J connectivity index is 2.49. The minimum absolute atomic E-state index is 0.225. The zero-order chi connectivity index (χ0) is 14.5. The molecule has 0 aliphatic carbocycles. The first kappa shape index (κ1) is 14.9. The van der Waals surface area contributed by atoms with Gasteiger partial charge in [0.2, 0.25) is 0 Å². The highest BCUT2D eigenvalue weighted by Gasteiger charge is 2.14. The van der Waals surface area contributed by atoms with E-state index in [2.05, 4.69) is 50.0 Å². The predicted octanol–water partition coefficient (Wildman–Crippen LogP) is 4.64. The summed E-state index contributed by atoms with van der Waals surface area (Å²) >= 11 is 5.84. The van der Waals surface area contributed by atoms with Crippen LogP contribution in [-0.2, 0) is 0 Å². The van der Waals surface area contributed by atoms with Gasteiger partial charge >= 0.3 is 0 Å². The number of hydrogen-bond acceptors (Lipinski definition) is 2. The third-order valence-corrected chi connectivity index (χ3v) is 3.37. The highest BCUT2D eigenvalue weighted by Crippen LogP contribution is 2.34. The molecule has 0 aliphatic rings. The topological polar surface area (TPSA) is 21.3 Å². The number of ether oxygens (including phenoxy) is 1. The quantitative estimate of drug-likeness (QED) is 0.836. The van der Waals surface area contributed by atoms with Gasteiger partial charge in [-0.3, -0.25) is 0 Å². The van der Waals surface area contributed by atoms with Crippen LogP contribution in [0.3, 0.4) is 0 Å². The second-order valence-electron chi connectivity index (χ2n) is 4.79. The molecule has 0 spiro atoms. The molecule has 3 heteroatoms. The minimum Gasteiger partial charge on any atom is -0.487 e. The lowest BCUT2D eigenvalue weighted by atomic mass is 10.0. The molecule has 2 nitrogen and oxygen atoms in total. The molecule has 1 unspecified atom stereocenters. The van der Waals surface area contributed by atoms with E-state index < -0.39 is 0 Å². The van der Waals surface area contributed by atoms with Gasteiger partial charge in [0.05, 0.1) is 0 Å². The smallest absolute Gasteiger partial charge is 0.132 e. The van der Waals surface area contributed by atoms with Gasteiger partial charge < -0.3 is 10.1 Å². The summed E-state index contributed by atoms with van der Waals surface area (Å²) in [4.78, 5) is 0. The molecule has 0 aliphatic heterocycles. The first-order valence-electron chi connectivity index (χ1n) is 6.84. The van der Waals surface area contributed by atoms with Crippen LogP contribution in [0.2, 0.25) is 0 Å². The molecule has 1 N–H and O–H groups in total. The van der Waals surface area contributed by atoms with Gasteiger partial charge in [-0.25, -0.2) is 0 Å². The minimum atomic E-state index is 0.225. The van der Waals surface area contributed by atoms with Crippen LogP contribution in [0, 0.1) is 0 Å². The SMILES string of the molecule is C=C(Cl)COc1c(C(C)NCC)ccc2ccccc12.